The van der Waals surface area contributed by atoms with E-state index in [-0.39, 0.29) is 11.3 Å². The zero-order valence-corrected chi connectivity index (χ0v) is 11.6. The van der Waals surface area contributed by atoms with Crippen LogP contribution in [0.25, 0.3) is 16.9 Å². The number of halogens is 1. The third-order valence-corrected chi connectivity index (χ3v) is 3.23. The Morgan fingerprint density at radius 2 is 1.96 bits per heavy atom. The molecule has 0 bridgehead atoms. The van der Waals surface area contributed by atoms with E-state index >= 15 is 0 Å². The summed E-state index contributed by atoms with van der Waals surface area (Å²) in [6, 6.07) is 13.6. The average molecular weight is 308 g/mol. The largest absolute Gasteiger partial charge is 0.478 e. The first kappa shape index (κ1) is 14.4. The Kier molecular flexibility index (Phi) is 3.57. The number of rotatable bonds is 3. The van der Waals surface area contributed by atoms with Gasteiger partial charge in [-0.1, -0.05) is 17.3 Å². The molecular weight excluding hydrogens is 299 g/mol. The van der Waals surface area contributed by atoms with Crippen molar-refractivity contribution < 1.29 is 14.3 Å². The normalized spacial score (nSPS) is 10.3. The van der Waals surface area contributed by atoms with E-state index in [0.717, 1.165) is 0 Å². The van der Waals surface area contributed by atoms with Crippen LogP contribution in [-0.4, -0.2) is 26.1 Å². The van der Waals surface area contributed by atoms with Crippen molar-refractivity contribution in [2.75, 3.05) is 0 Å². The summed E-state index contributed by atoms with van der Waals surface area (Å²) in [4.78, 5) is 10.9. The van der Waals surface area contributed by atoms with Crippen LogP contribution in [0.1, 0.15) is 16.1 Å². The zero-order chi connectivity index (χ0) is 16.4. The lowest BCUT2D eigenvalue weighted by molar-refractivity contribution is 0.0697. The maximum Gasteiger partial charge on any atom is 0.335 e. The van der Waals surface area contributed by atoms with Crippen molar-refractivity contribution in [2.45, 2.75) is 0 Å². The number of nitrogens with zero attached hydrogens (tertiary/aromatic N) is 4. The summed E-state index contributed by atoms with van der Waals surface area (Å²) in [5.74, 6) is -1.49. The summed E-state index contributed by atoms with van der Waals surface area (Å²) >= 11 is 0. The van der Waals surface area contributed by atoms with E-state index < -0.39 is 11.8 Å². The van der Waals surface area contributed by atoms with Crippen molar-refractivity contribution in [3.63, 3.8) is 0 Å². The van der Waals surface area contributed by atoms with Gasteiger partial charge in [-0.15, -0.1) is 5.10 Å². The highest BCUT2D eigenvalue weighted by Crippen LogP contribution is 2.25. The molecule has 0 saturated carbocycles. The number of hydrogen-bond acceptors (Lipinski definition) is 4. The van der Waals surface area contributed by atoms with Crippen molar-refractivity contribution >= 4 is 5.97 Å². The fourth-order valence-electron chi connectivity index (χ4n) is 2.18. The van der Waals surface area contributed by atoms with E-state index in [2.05, 4.69) is 10.3 Å². The Labute approximate surface area is 130 Å². The molecule has 0 spiro atoms. The highest BCUT2D eigenvalue weighted by Gasteiger charge is 2.17. The van der Waals surface area contributed by atoms with Crippen molar-refractivity contribution in [3.8, 4) is 23.0 Å². The summed E-state index contributed by atoms with van der Waals surface area (Å²) in [5, 5.41) is 25.8. The molecule has 3 aromatic rings. The molecule has 0 aliphatic carbocycles. The molecule has 0 saturated heterocycles. The summed E-state index contributed by atoms with van der Waals surface area (Å²) in [5.41, 5.74) is 1.49. The highest BCUT2D eigenvalue weighted by atomic mass is 19.1. The second-order valence-electron chi connectivity index (χ2n) is 4.67. The number of carboxylic acid groups (broad SMARTS) is 1. The van der Waals surface area contributed by atoms with Gasteiger partial charge in [-0.2, -0.15) is 5.26 Å². The van der Waals surface area contributed by atoms with Gasteiger partial charge in [-0.25, -0.2) is 13.9 Å². The lowest BCUT2D eigenvalue weighted by atomic mass is 10.1. The molecule has 0 atom stereocenters. The lowest BCUT2D eigenvalue weighted by Gasteiger charge is -2.07. The van der Waals surface area contributed by atoms with Crippen molar-refractivity contribution in [3.05, 3.63) is 65.6 Å². The minimum atomic E-state index is -1.04. The molecule has 0 amide bonds. The third kappa shape index (κ3) is 2.65. The van der Waals surface area contributed by atoms with E-state index in [0.29, 0.717) is 16.9 Å². The second-order valence-corrected chi connectivity index (χ2v) is 4.67. The van der Waals surface area contributed by atoms with Gasteiger partial charge >= 0.3 is 5.97 Å². The molecule has 0 fully saturated rings. The zero-order valence-electron chi connectivity index (χ0n) is 11.6. The monoisotopic (exact) mass is 308 g/mol. The molecule has 0 aliphatic heterocycles. The molecule has 1 heterocycles. The van der Waals surface area contributed by atoms with Gasteiger partial charge in [0.05, 0.1) is 11.3 Å². The van der Waals surface area contributed by atoms with Gasteiger partial charge in [0, 0.05) is 5.56 Å². The molecule has 6 nitrogen and oxygen atoms in total. The van der Waals surface area contributed by atoms with Crippen LogP contribution in [0.5, 0.6) is 0 Å². The molecule has 3 rings (SSSR count). The fourth-order valence-corrected chi connectivity index (χ4v) is 2.18. The van der Waals surface area contributed by atoms with Gasteiger partial charge in [0.1, 0.15) is 17.6 Å². The van der Waals surface area contributed by atoms with Crippen molar-refractivity contribution in [2.24, 2.45) is 0 Å². The van der Waals surface area contributed by atoms with Crippen LogP contribution in [-0.2, 0) is 0 Å². The summed E-state index contributed by atoms with van der Waals surface area (Å²) < 4.78 is 14.8. The van der Waals surface area contributed by atoms with Crippen LogP contribution in [0, 0.1) is 17.1 Å². The summed E-state index contributed by atoms with van der Waals surface area (Å²) in [6.45, 7) is 0. The minimum absolute atomic E-state index is 0.0536. The molecule has 0 radical (unpaired) electrons. The maximum atomic E-state index is 13.5. The molecule has 0 unspecified atom stereocenters. The molecular formula is C16H9FN4O2. The number of nitriles is 1. The van der Waals surface area contributed by atoms with Crippen LogP contribution in [0.4, 0.5) is 4.39 Å². The van der Waals surface area contributed by atoms with Gasteiger partial charge in [-0.3, -0.25) is 0 Å². The Balaban J connectivity index is 2.16. The number of carbonyl (C=O) groups is 1. The Bertz CT molecular complexity index is 926. The minimum Gasteiger partial charge on any atom is -0.478 e. The molecule has 1 N–H and O–H groups in total. The molecule has 7 heteroatoms. The van der Waals surface area contributed by atoms with E-state index in [1.165, 1.54) is 35.0 Å². The Hall–Kier alpha value is -3.53. The smallest absolute Gasteiger partial charge is 0.335 e. The van der Waals surface area contributed by atoms with Gasteiger partial charge < -0.3 is 5.11 Å². The quantitative estimate of drug-likeness (QED) is 0.803. The average Bonchev–Trinajstić information content (AvgIpc) is 2.99. The molecule has 23 heavy (non-hydrogen) atoms. The number of carboxylic acids is 1. The molecule has 1 aromatic heterocycles. The first-order valence-corrected chi connectivity index (χ1v) is 6.55. The SMILES string of the molecule is N#Cc1nnn(-c2ccc(C(=O)O)cc2)c1-c1cccc(F)c1. The fraction of sp³-hybridized carbons (Fsp3) is 0. The standard InChI is InChI=1S/C16H9FN4O2/c17-12-3-1-2-11(8-12)15-14(9-18)19-20-21(15)13-6-4-10(5-7-13)16(22)23/h1-8H,(H,22,23). The van der Waals surface area contributed by atoms with E-state index in [9.17, 15) is 14.4 Å². The summed E-state index contributed by atoms with van der Waals surface area (Å²) in [6.07, 6.45) is 0. The van der Waals surface area contributed by atoms with Gasteiger partial charge in [0.2, 0.25) is 0 Å². The van der Waals surface area contributed by atoms with Crippen LogP contribution >= 0.6 is 0 Å². The number of benzene rings is 2. The van der Waals surface area contributed by atoms with Crippen molar-refractivity contribution in [1.29, 1.82) is 5.26 Å². The van der Waals surface area contributed by atoms with Crippen molar-refractivity contribution in [1.82, 2.24) is 15.0 Å². The van der Waals surface area contributed by atoms with E-state index in [1.54, 1.807) is 18.2 Å². The van der Waals surface area contributed by atoms with E-state index in [1.807, 2.05) is 6.07 Å². The maximum absolute atomic E-state index is 13.5. The Morgan fingerprint density at radius 1 is 1.22 bits per heavy atom. The molecule has 112 valence electrons. The first-order valence-electron chi connectivity index (χ1n) is 6.55. The predicted molar refractivity (Wildman–Crippen MR) is 78.4 cm³/mol. The van der Waals surface area contributed by atoms with E-state index in [4.69, 9.17) is 5.11 Å². The van der Waals surface area contributed by atoms with Crippen LogP contribution in [0.2, 0.25) is 0 Å². The van der Waals surface area contributed by atoms with Crippen LogP contribution < -0.4 is 0 Å². The lowest BCUT2D eigenvalue weighted by Crippen LogP contribution is -2.02. The van der Waals surface area contributed by atoms with Crippen LogP contribution in [0.15, 0.2) is 48.5 Å². The second kappa shape index (κ2) is 5.69. The van der Waals surface area contributed by atoms with Gasteiger partial charge in [0.15, 0.2) is 5.69 Å². The molecule has 0 aliphatic rings. The Morgan fingerprint density at radius 3 is 2.57 bits per heavy atom. The third-order valence-electron chi connectivity index (χ3n) is 3.23. The molecule has 2 aromatic carbocycles. The predicted octanol–water partition coefficient (Wildman–Crippen LogP) is 2.64. The van der Waals surface area contributed by atoms with Crippen LogP contribution in [0.3, 0.4) is 0 Å². The first-order chi connectivity index (χ1) is 11.1. The highest BCUT2D eigenvalue weighted by molar-refractivity contribution is 5.87. The van der Waals surface area contributed by atoms with Gasteiger partial charge in [0.25, 0.3) is 0 Å². The topological polar surface area (TPSA) is 91.8 Å². The van der Waals surface area contributed by atoms with Gasteiger partial charge in [-0.05, 0) is 36.4 Å². The number of aromatic carboxylic acids is 1. The number of aromatic nitrogens is 3. The number of hydrogen-bond donors (Lipinski definition) is 1. The summed E-state index contributed by atoms with van der Waals surface area (Å²) in [7, 11) is 0.